The van der Waals surface area contributed by atoms with E-state index >= 15 is 0 Å². The maximum Gasteiger partial charge on any atom is 0.0417 e. The lowest BCUT2D eigenvalue weighted by Gasteiger charge is -2.26. The van der Waals surface area contributed by atoms with Crippen molar-refractivity contribution in [3.8, 4) is 0 Å². The number of nitrogens with one attached hydrogen (secondary N) is 1. The van der Waals surface area contributed by atoms with Gasteiger partial charge in [-0.1, -0.05) is 45.7 Å². The molecule has 0 unspecified atom stereocenters. The molecule has 0 bridgehead atoms. The molecule has 0 atom stereocenters. The van der Waals surface area contributed by atoms with Gasteiger partial charge in [0.15, 0.2) is 0 Å². The summed E-state index contributed by atoms with van der Waals surface area (Å²) in [5, 5.41) is 4.11. The zero-order valence-electron chi connectivity index (χ0n) is 13.0. The first-order valence-electron chi connectivity index (χ1n) is 8.07. The number of thioether (sulfide) groups is 1. The van der Waals surface area contributed by atoms with Crippen LogP contribution in [0.3, 0.4) is 0 Å². The van der Waals surface area contributed by atoms with Crippen molar-refractivity contribution >= 4 is 39.3 Å². The van der Waals surface area contributed by atoms with E-state index < -0.39 is 0 Å². The quantitative estimate of drug-likeness (QED) is 0.567. The van der Waals surface area contributed by atoms with Crippen LogP contribution in [-0.4, -0.2) is 13.1 Å². The average molecular weight is 411 g/mol. The van der Waals surface area contributed by atoms with E-state index in [0.29, 0.717) is 0 Å². The zero-order chi connectivity index (χ0) is 16.1. The molecule has 1 N–H and O–H groups in total. The lowest BCUT2D eigenvalue weighted by atomic mass is 9.95. The van der Waals surface area contributed by atoms with Crippen molar-refractivity contribution in [1.82, 2.24) is 5.32 Å². The van der Waals surface area contributed by atoms with E-state index in [1.54, 1.807) is 0 Å². The molecular formula is C19H21BrClNS. The van der Waals surface area contributed by atoms with Gasteiger partial charge in [-0.2, -0.15) is 0 Å². The van der Waals surface area contributed by atoms with Gasteiger partial charge in [-0.15, -0.1) is 11.8 Å². The summed E-state index contributed by atoms with van der Waals surface area (Å²) in [7, 11) is 0. The molecule has 0 spiro atoms. The summed E-state index contributed by atoms with van der Waals surface area (Å²) in [6.07, 6.45) is 3.86. The second kappa shape index (κ2) is 8.57. The summed E-state index contributed by atoms with van der Waals surface area (Å²) in [5.41, 5.74) is 2.73. The van der Waals surface area contributed by atoms with Crippen LogP contribution in [0.2, 0.25) is 5.02 Å². The minimum atomic E-state index is 0.771. The first kappa shape index (κ1) is 17.3. The third kappa shape index (κ3) is 5.25. The van der Waals surface area contributed by atoms with Crippen molar-refractivity contribution in [1.29, 1.82) is 0 Å². The molecule has 1 fully saturated rings. The second-order valence-corrected chi connectivity index (χ2v) is 8.42. The van der Waals surface area contributed by atoms with Gasteiger partial charge in [0.25, 0.3) is 0 Å². The summed E-state index contributed by atoms with van der Waals surface area (Å²) < 4.78 is 1.08. The number of hydrogen-bond acceptors (Lipinski definition) is 2. The smallest absolute Gasteiger partial charge is 0.0417 e. The van der Waals surface area contributed by atoms with Gasteiger partial charge < -0.3 is 5.32 Å². The van der Waals surface area contributed by atoms with E-state index in [-0.39, 0.29) is 0 Å². The van der Waals surface area contributed by atoms with Crippen LogP contribution < -0.4 is 5.32 Å². The van der Waals surface area contributed by atoms with Gasteiger partial charge in [0, 0.05) is 20.1 Å². The van der Waals surface area contributed by atoms with Crippen LogP contribution in [0.15, 0.2) is 51.8 Å². The highest BCUT2D eigenvalue weighted by Crippen LogP contribution is 2.29. The molecule has 0 radical (unpaired) electrons. The molecule has 2 aromatic carbocycles. The standard InChI is InChI=1S/C19H21BrClNS/c20-19-10-17(21)7-6-16(19)13-23-18-8-4-14(5-9-18)2-1-3-15-11-22-12-15/h4-10,15,22H,1-3,11-13H2. The second-order valence-electron chi connectivity index (χ2n) is 6.08. The highest BCUT2D eigenvalue weighted by atomic mass is 79.9. The molecule has 1 aliphatic heterocycles. The average Bonchev–Trinajstić information content (AvgIpc) is 2.50. The summed E-state index contributed by atoms with van der Waals surface area (Å²) in [5.74, 6) is 1.87. The molecule has 1 aliphatic rings. The predicted octanol–water partition coefficient (Wildman–Crippen LogP) is 5.94. The van der Waals surface area contributed by atoms with E-state index in [1.165, 1.54) is 48.4 Å². The largest absolute Gasteiger partial charge is 0.316 e. The van der Waals surface area contributed by atoms with Crippen molar-refractivity contribution < 1.29 is 0 Å². The number of benzene rings is 2. The molecule has 3 rings (SSSR count). The van der Waals surface area contributed by atoms with Crippen LogP contribution in [0.4, 0.5) is 0 Å². The Labute approximate surface area is 156 Å². The van der Waals surface area contributed by atoms with Crippen molar-refractivity contribution in [3.05, 3.63) is 63.1 Å². The molecule has 1 nitrogen and oxygen atoms in total. The summed E-state index contributed by atoms with van der Waals surface area (Å²) in [4.78, 5) is 1.32. The van der Waals surface area contributed by atoms with Crippen LogP contribution >= 0.6 is 39.3 Å². The van der Waals surface area contributed by atoms with E-state index in [2.05, 4.69) is 51.6 Å². The van der Waals surface area contributed by atoms with Gasteiger partial charge in [-0.3, -0.25) is 0 Å². The van der Waals surface area contributed by atoms with Crippen LogP contribution in [0.1, 0.15) is 24.0 Å². The molecule has 1 heterocycles. The Morgan fingerprint density at radius 3 is 2.57 bits per heavy atom. The Bertz CT molecular complexity index is 640. The summed E-state index contributed by atoms with van der Waals surface area (Å²) in [6.45, 7) is 2.44. The van der Waals surface area contributed by atoms with Crippen molar-refractivity contribution in [2.45, 2.75) is 29.9 Å². The van der Waals surface area contributed by atoms with E-state index in [9.17, 15) is 0 Å². The fraction of sp³-hybridized carbons (Fsp3) is 0.368. The number of aryl methyl sites for hydroxylation is 1. The summed E-state index contributed by atoms with van der Waals surface area (Å²) in [6, 6.07) is 15.0. The Kier molecular flexibility index (Phi) is 6.46. The molecule has 0 aliphatic carbocycles. The molecule has 1 saturated heterocycles. The number of halogens is 2. The van der Waals surface area contributed by atoms with E-state index in [0.717, 1.165) is 21.2 Å². The van der Waals surface area contributed by atoms with Gasteiger partial charge >= 0.3 is 0 Å². The lowest BCUT2D eigenvalue weighted by molar-refractivity contribution is 0.321. The molecule has 23 heavy (non-hydrogen) atoms. The maximum atomic E-state index is 5.99. The van der Waals surface area contributed by atoms with Crippen LogP contribution in [0.25, 0.3) is 0 Å². The molecule has 4 heteroatoms. The van der Waals surface area contributed by atoms with Crippen LogP contribution in [-0.2, 0) is 12.2 Å². The first-order valence-corrected chi connectivity index (χ1v) is 10.2. The molecule has 2 aromatic rings. The van der Waals surface area contributed by atoms with Gasteiger partial charge in [-0.05, 0) is 73.7 Å². The minimum Gasteiger partial charge on any atom is -0.316 e. The summed E-state index contributed by atoms with van der Waals surface area (Å²) >= 11 is 11.4. The van der Waals surface area contributed by atoms with Gasteiger partial charge in [0.2, 0.25) is 0 Å². The zero-order valence-corrected chi connectivity index (χ0v) is 16.2. The highest BCUT2D eigenvalue weighted by molar-refractivity contribution is 9.10. The third-order valence-electron chi connectivity index (χ3n) is 4.28. The molecule has 0 amide bonds. The Balaban J connectivity index is 1.46. The predicted molar refractivity (Wildman–Crippen MR) is 104 cm³/mol. The molecular weight excluding hydrogens is 390 g/mol. The Morgan fingerprint density at radius 1 is 1.13 bits per heavy atom. The van der Waals surface area contributed by atoms with Crippen LogP contribution in [0, 0.1) is 5.92 Å². The Morgan fingerprint density at radius 2 is 1.91 bits per heavy atom. The van der Waals surface area contributed by atoms with E-state index in [1.807, 2.05) is 23.9 Å². The van der Waals surface area contributed by atoms with Crippen molar-refractivity contribution in [2.75, 3.05) is 13.1 Å². The maximum absolute atomic E-state index is 5.99. The van der Waals surface area contributed by atoms with Crippen molar-refractivity contribution in [3.63, 3.8) is 0 Å². The fourth-order valence-corrected chi connectivity index (χ4v) is 4.61. The molecule has 0 saturated carbocycles. The van der Waals surface area contributed by atoms with Gasteiger partial charge in [0.1, 0.15) is 0 Å². The SMILES string of the molecule is Clc1ccc(CSc2ccc(CCCC3CNC3)cc2)c(Br)c1. The Hall–Kier alpha value is -0.480. The number of rotatable bonds is 7. The topological polar surface area (TPSA) is 12.0 Å². The van der Waals surface area contributed by atoms with Gasteiger partial charge in [-0.25, -0.2) is 0 Å². The highest BCUT2D eigenvalue weighted by Gasteiger charge is 2.15. The van der Waals surface area contributed by atoms with Crippen molar-refractivity contribution in [2.24, 2.45) is 5.92 Å². The molecule has 122 valence electrons. The minimum absolute atomic E-state index is 0.771. The first-order chi connectivity index (χ1) is 11.2. The lowest BCUT2D eigenvalue weighted by Crippen LogP contribution is -2.41. The number of hydrogen-bond donors (Lipinski definition) is 1. The van der Waals surface area contributed by atoms with Crippen LogP contribution in [0.5, 0.6) is 0 Å². The third-order valence-corrected chi connectivity index (χ3v) is 6.31. The monoisotopic (exact) mass is 409 g/mol. The van der Waals surface area contributed by atoms with Gasteiger partial charge in [0.05, 0.1) is 0 Å². The molecule has 0 aromatic heterocycles. The van der Waals surface area contributed by atoms with E-state index in [4.69, 9.17) is 11.6 Å². The normalized spacial score (nSPS) is 14.7. The fourth-order valence-electron chi connectivity index (χ4n) is 2.70.